The number of alkyl halides is 1. The standard InChI is InChI=1S/C11H12BrNO3/c1-7-4-9(2-3-11(7)13(14)15)16-10-5-8(12)6-10/h2-4,8,10H,5-6H2,1H3. The lowest BCUT2D eigenvalue weighted by molar-refractivity contribution is -0.385. The van der Waals surface area contributed by atoms with Crippen molar-refractivity contribution in [2.75, 3.05) is 0 Å². The highest BCUT2D eigenvalue weighted by atomic mass is 79.9. The van der Waals surface area contributed by atoms with Crippen molar-refractivity contribution in [3.05, 3.63) is 33.9 Å². The Morgan fingerprint density at radius 3 is 2.69 bits per heavy atom. The molecule has 0 aromatic heterocycles. The van der Waals surface area contributed by atoms with E-state index in [0.717, 1.165) is 12.8 Å². The Balaban J connectivity index is 2.06. The first-order chi connectivity index (χ1) is 7.56. The van der Waals surface area contributed by atoms with Crippen molar-refractivity contribution >= 4 is 21.6 Å². The van der Waals surface area contributed by atoms with Crippen LogP contribution in [-0.2, 0) is 0 Å². The molecule has 0 spiro atoms. The summed E-state index contributed by atoms with van der Waals surface area (Å²) in [4.78, 5) is 10.8. The molecular weight excluding hydrogens is 274 g/mol. The minimum absolute atomic E-state index is 0.138. The predicted molar refractivity (Wildman–Crippen MR) is 64.2 cm³/mol. The molecule has 1 aliphatic rings. The zero-order chi connectivity index (χ0) is 11.7. The minimum atomic E-state index is -0.378. The molecule has 0 aliphatic heterocycles. The van der Waals surface area contributed by atoms with Crippen LogP contribution in [-0.4, -0.2) is 15.9 Å². The lowest BCUT2D eigenvalue weighted by Gasteiger charge is -2.31. The summed E-state index contributed by atoms with van der Waals surface area (Å²) in [6.45, 7) is 1.72. The van der Waals surface area contributed by atoms with Crippen LogP contribution in [0.5, 0.6) is 5.75 Å². The van der Waals surface area contributed by atoms with Crippen molar-refractivity contribution in [1.82, 2.24) is 0 Å². The topological polar surface area (TPSA) is 52.4 Å². The first kappa shape index (κ1) is 11.4. The van der Waals surface area contributed by atoms with Gasteiger partial charge < -0.3 is 4.74 Å². The fraction of sp³-hybridized carbons (Fsp3) is 0.455. The van der Waals surface area contributed by atoms with Gasteiger partial charge in [-0.3, -0.25) is 10.1 Å². The average molecular weight is 286 g/mol. The Labute approximate surface area is 102 Å². The number of ether oxygens (including phenoxy) is 1. The Kier molecular flexibility index (Phi) is 3.14. The van der Waals surface area contributed by atoms with Crippen LogP contribution in [0.3, 0.4) is 0 Å². The van der Waals surface area contributed by atoms with E-state index in [0.29, 0.717) is 16.1 Å². The van der Waals surface area contributed by atoms with Gasteiger partial charge in [-0.15, -0.1) is 0 Å². The largest absolute Gasteiger partial charge is 0.490 e. The molecule has 0 heterocycles. The first-order valence-electron chi connectivity index (χ1n) is 5.12. The van der Waals surface area contributed by atoms with Gasteiger partial charge in [-0.05, 0) is 31.9 Å². The van der Waals surface area contributed by atoms with Crippen LogP contribution in [0.15, 0.2) is 18.2 Å². The molecule has 0 bridgehead atoms. The molecule has 1 aromatic carbocycles. The molecule has 4 nitrogen and oxygen atoms in total. The van der Waals surface area contributed by atoms with E-state index < -0.39 is 0 Å². The summed E-state index contributed by atoms with van der Waals surface area (Å²) in [6, 6.07) is 4.88. The fourth-order valence-corrected chi connectivity index (χ4v) is 2.53. The van der Waals surface area contributed by atoms with Crippen LogP contribution >= 0.6 is 15.9 Å². The number of halogens is 1. The van der Waals surface area contributed by atoms with Gasteiger partial charge in [0.25, 0.3) is 5.69 Å². The molecular formula is C11H12BrNO3. The highest BCUT2D eigenvalue weighted by Crippen LogP contribution is 2.32. The second-order valence-corrected chi connectivity index (χ2v) is 5.31. The SMILES string of the molecule is Cc1cc(OC2CC(Br)C2)ccc1[N+](=O)[O-]. The summed E-state index contributed by atoms with van der Waals surface area (Å²) in [5.74, 6) is 0.715. The highest BCUT2D eigenvalue weighted by molar-refractivity contribution is 9.09. The van der Waals surface area contributed by atoms with Crippen LogP contribution in [0, 0.1) is 17.0 Å². The second-order valence-electron chi connectivity index (χ2n) is 4.01. The number of hydrogen-bond acceptors (Lipinski definition) is 3. The number of rotatable bonds is 3. The van der Waals surface area contributed by atoms with E-state index in [1.807, 2.05) is 0 Å². The molecule has 5 heteroatoms. The van der Waals surface area contributed by atoms with Gasteiger partial charge in [0.1, 0.15) is 11.9 Å². The van der Waals surface area contributed by atoms with Gasteiger partial charge in [-0.1, -0.05) is 15.9 Å². The Morgan fingerprint density at radius 1 is 1.50 bits per heavy atom. The van der Waals surface area contributed by atoms with Gasteiger partial charge in [-0.25, -0.2) is 0 Å². The summed E-state index contributed by atoms with van der Waals surface area (Å²) in [7, 11) is 0. The van der Waals surface area contributed by atoms with Crippen LogP contribution in [0.1, 0.15) is 18.4 Å². The zero-order valence-electron chi connectivity index (χ0n) is 8.85. The minimum Gasteiger partial charge on any atom is -0.490 e. The Hall–Kier alpha value is -1.10. The Morgan fingerprint density at radius 2 is 2.19 bits per heavy atom. The van der Waals surface area contributed by atoms with E-state index in [1.54, 1.807) is 19.1 Å². The molecule has 1 aromatic rings. The average Bonchev–Trinajstić information content (AvgIpc) is 2.15. The molecule has 16 heavy (non-hydrogen) atoms. The van der Waals surface area contributed by atoms with Gasteiger partial charge in [-0.2, -0.15) is 0 Å². The van der Waals surface area contributed by atoms with Gasteiger partial charge in [0, 0.05) is 16.5 Å². The molecule has 0 amide bonds. The summed E-state index contributed by atoms with van der Waals surface area (Å²) in [5.41, 5.74) is 0.775. The molecule has 86 valence electrons. The molecule has 0 atom stereocenters. The van der Waals surface area contributed by atoms with Gasteiger partial charge >= 0.3 is 0 Å². The smallest absolute Gasteiger partial charge is 0.272 e. The fourth-order valence-electron chi connectivity index (χ4n) is 1.70. The predicted octanol–water partition coefficient (Wildman–Crippen LogP) is 3.21. The molecule has 1 fully saturated rings. The summed E-state index contributed by atoms with van der Waals surface area (Å²) >= 11 is 3.49. The summed E-state index contributed by atoms with van der Waals surface area (Å²) < 4.78 is 5.68. The highest BCUT2D eigenvalue weighted by Gasteiger charge is 2.28. The lowest BCUT2D eigenvalue weighted by Crippen LogP contribution is -2.33. The maximum atomic E-state index is 10.6. The molecule has 0 N–H and O–H groups in total. The van der Waals surface area contributed by atoms with Crippen LogP contribution < -0.4 is 4.74 Å². The summed E-state index contributed by atoms with van der Waals surface area (Å²) in [6.07, 6.45) is 2.23. The van der Waals surface area contributed by atoms with Crippen LogP contribution in [0.25, 0.3) is 0 Å². The van der Waals surface area contributed by atoms with Crippen molar-refractivity contribution in [2.45, 2.75) is 30.7 Å². The van der Waals surface area contributed by atoms with Gasteiger partial charge in [0.15, 0.2) is 0 Å². The van der Waals surface area contributed by atoms with E-state index in [2.05, 4.69) is 15.9 Å². The number of benzene rings is 1. The third-order valence-electron chi connectivity index (χ3n) is 2.70. The first-order valence-corrected chi connectivity index (χ1v) is 6.03. The van der Waals surface area contributed by atoms with Gasteiger partial charge in [0.05, 0.1) is 4.92 Å². The third-order valence-corrected chi connectivity index (χ3v) is 3.45. The number of nitro benzene ring substituents is 1. The van der Waals surface area contributed by atoms with E-state index >= 15 is 0 Å². The quantitative estimate of drug-likeness (QED) is 0.487. The monoisotopic (exact) mass is 285 g/mol. The molecule has 0 unspecified atom stereocenters. The second kappa shape index (κ2) is 4.41. The maximum absolute atomic E-state index is 10.6. The van der Waals surface area contributed by atoms with Crippen molar-refractivity contribution in [1.29, 1.82) is 0 Å². The summed E-state index contributed by atoms with van der Waals surface area (Å²) in [5, 5.41) is 10.6. The molecule has 0 radical (unpaired) electrons. The van der Waals surface area contributed by atoms with Crippen molar-refractivity contribution in [3.63, 3.8) is 0 Å². The van der Waals surface area contributed by atoms with Crippen LogP contribution in [0.4, 0.5) is 5.69 Å². The Bertz CT molecular complexity index is 416. The molecule has 1 aliphatic carbocycles. The third kappa shape index (κ3) is 2.35. The van der Waals surface area contributed by atoms with E-state index in [1.165, 1.54) is 6.07 Å². The van der Waals surface area contributed by atoms with Gasteiger partial charge in [0.2, 0.25) is 0 Å². The van der Waals surface area contributed by atoms with Crippen molar-refractivity contribution in [2.24, 2.45) is 0 Å². The van der Waals surface area contributed by atoms with Crippen molar-refractivity contribution < 1.29 is 9.66 Å². The number of nitro groups is 1. The number of aryl methyl sites for hydroxylation is 1. The van der Waals surface area contributed by atoms with Crippen LogP contribution in [0.2, 0.25) is 0 Å². The normalized spacial score (nSPS) is 23.6. The lowest BCUT2D eigenvalue weighted by atomic mass is 9.96. The van der Waals surface area contributed by atoms with Crippen molar-refractivity contribution in [3.8, 4) is 5.75 Å². The van der Waals surface area contributed by atoms with E-state index in [9.17, 15) is 10.1 Å². The number of hydrogen-bond donors (Lipinski definition) is 0. The molecule has 1 saturated carbocycles. The van der Waals surface area contributed by atoms with E-state index in [-0.39, 0.29) is 16.7 Å². The zero-order valence-corrected chi connectivity index (χ0v) is 10.4. The number of nitrogens with zero attached hydrogens (tertiary/aromatic N) is 1. The maximum Gasteiger partial charge on any atom is 0.272 e. The molecule has 0 saturated heterocycles. The van der Waals surface area contributed by atoms with E-state index in [4.69, 9.17) is 4.74 Å². The molecule has 2 rings (SSSR count).